The summed E-state index contributed by atoms with van der Waals surface area (Å²) in [4.78, 5) is 0. The Hall–Kier alpha value is -0.0800. The highest BCUT2D eigenvalue weighted by Gasteiger charge is 2.41. The molecular weight excluding hydrogens is 258 g/mol. The van der Waals surface area contributed by atoms with Gasteiger partial charge >= 0.3 is 0 Å². The molecular formula is C19H35NO. The van der Waals surface area contributed by atoms with Crippen molar-refractivity contribution >= 4 is 0 Å². The second-order valence-corrected chi connectivity index (χ2v) is 8.11. The molecule has 3 fully saturated rings. The van der Waals surface area contributed by atoms with Crippen LogP contribution in [0.3, 0.4) is 0 Å². The van der Waals surface area contributed by atoms with Crippen LogP contribution in [-0.4, -0.2) is 18.2 Å². The zero-order valence-corrected chi connectivity index (χ0v) is 14.0. The van der Waals surface area contributed by atoms with Gasteiger partial charge in [-0.3, -0.25) is 0 Å². The highest BCUT2D eigenvalue weighted by atomic mass is 16.5. The van der Waals surface area contributed by atoms with Gasteiger partial charge in [0.15, 0.2) is 0 Å². The molecule has 3 rings (SSSR count). The maximum Gasteiger partial charge on any atom is 0.0685 e. The Labute approximate surface area is 131 Å². The first-order chi connectivity index (χ1) is 10.2. The summed E-state index contributed by atoms with van der Waals surface area (Å²) in [5, 5.41) is 0. The summed E-state index contributed by atoms with van der Waals surface area (Å²) in [5.74, 6) is 2.49. The molecule has 2 heteroatoms. The van der Waals surface area contributed by atoms with Crippen LogP contribution in [0.1, 0.15) is 84.0 Å². The fourth-order valence-electron chi connectivity index (χ4n) is 5.31. The second kappa shape index (κ2) is 7.00. The summed E-state index contributed by atoms with van der Waals surface area (Å²) in [6.07, 6.45) is 16.1. The maximum atomic E-state index is 6.74. The molecule has 0 aromatic heterocycles. The average molecular weight is 293 g/mol. The van der Waals surface area contributed by atoms with E-state index in [4.69, 9.17) is 10.5 Å². The SMILES string of the molecule is CCC1CCC(C(N)C2CCOC3(CCCCC3)C2)CC1. The third-order valence-electron chi connectivity index (χ3n) is 6.85. The van der Waals surface area contributed by atoms with E-state index in [1.54, 1.807) is 0 Å². The lowest BCUT2D eigenvalue weighted by atomic mass is 9.69. The molecule has 2 saturated carbocycles. The molecule has 0 aromatic rings. The molecule has 2 atom stereocenters. The van der Waals surface area contributed by atoms with Gasteiger partial charge in [0.05, 0.1) is 5.60 Å². The Morgan fingerprint density at radius 2 is 1.71 bits per heavy atom. The molecule has 1 saturated heterocycles. The highest BCUT2D eigenvalue weighted by molar-refractivity contribution is 4.94. The fraction of sp³-hybridized carbons (Fsp3) is 1.00. The van der Waals surface area contributed by atoms with Gasteiger partial charge in [-0.05, 0) is 56.3 Å². The monoisotopic (exact) mass is 293 g/mol. The number of hydrogen-bond donors (Lipinski definition) is 1. The van der Waals surface area contributed by atoms with E-state index in [9.17, 15) is 0 Å². The zero-order valence-electron chi connectivity index (χ0n) is 14.0. The molecule has 122 valence electrons. The molecule has 0 bridgehead atoms. The Morgan fingerprint density at radius 3 is 2.38 bits per heavy atom. The fourth-order valence-corrected chi connectivity index (χ4v) is 5.31. The number of rotatable bonds is 3. The van der Waals surface area contributed by atoms with Crippen molar-refractivity contribution in [3.05, 3.63) is 0 Å². The summed E-state index contributed by atoms with van der Waals surface area (Å²) in [6, 6.07) is 0.436. The first-order valence-corrected chi connectivity index (χ1v) is 9.62. The van der Waals surface area contributed by atoms with Gasteiger partial charge in [0.2, 0.25) is 0 Å². The maximum absolute atomic E-state index is 6.74. The standard InChI is InChI=1S/C19H35NO/c1-2-15-6-8-16(9-7-15)18(20)17-10-13-21-19(14-17)11-4-3-5-12-19/h15-18H,2-14,20H2,1H3. The lowest BCUT2D eigenvalue weighted by Crippen LogP contribution is -2.49. The van der Waals surface area contributed by atoms with Crippen LogP contribution < -0.4 is 5.73 Å². The first-order valence-electron chi connectivity index (χ1n) is 9.62. The molecule has 0 radical (unpaired) electrons. The summed E-state index contributed by atoms with van der Waals surface area (Å²) in [6.45, 7) is 3.30. The summed E-state index contributed by atoms with van der Waals surface area (Å²) < 4.78 is 6.25. The van der Waals surface area contributed by atoms with Crippen LogP contribution in [0.4, 0.5) is 0 Å². The Balaban J connectivity index is 1.55. The molecule has 0 amide bonds. The molecule has 2 unspecified atom stereocenters. The van der Waals surface area contributed by atoms with Gasteiger partial charge in [-0.2, -0.15) is 0 Å². The van der Waals surface area contributed by atoms with Crippen LogP contribution in [0.2, 0.25) is 0 Å². The molecule has 1 spiro atoms. The van der Waals surface area contributed by atoms with Crippen molar-refractivity contribution in [2.45, 2.75) is 95.6 Å². The van der Waals surface area contributed by atoms with Crippen LogP contribution in [0.25, 0.3) is 0 Å². The normalized spacial score (nSPS) is 38.3. The van der Waals surface area contributed by atoms with E-state index in [0.29, 0.717) is 6.04 Å². The highest BCUT2D eigenvalue weighted by Crippen LogP contribution is 2.43. The van der Waals surface area contributed by atoms with Gasteiger partial charge in [0, 0.05) is 12.6 Å². The van der Waals surface area contributed by atoms with E-state index < -0.39 is 0 Å². The van der Waals surface area contributed by atoms with Crippen molar-refractivity contribution in [1.82, 2.24) is 0 Å². The van der Waals surface area contributed by atoms with Gasteiger partial charge in [-0.25, -0.2) is 0 Å². The van der Waals surface area contributed by atoms with Crippen LogP contribution in [0, 0.1) is 17.8 Å². The topological polar surface area (TPSA) is 35.2 Å². The van der Waals surface area contributed by atoms with Crippen molar-refractivity contribution in [1.29, 1.82) is 0 Å². The third-order valence-corrected chi connectivity index (χ3v) is 6.85. The van der Waals surface area contributed by atoms with Gasteiger partial charge in [0.1, 0.15) is 0 Å². The predicted octanol–water partition coefficient (Wildman–Crippen LogP) is 4.66. The second-order valence-electron chi connectivity index (χ2n) is 8.11. The van der Waals surface area contributed by atoms with Crippen molar-refractivity contribution in [2.75, 3.05) is 6.61 Å². The van der Waals surface area contributed by atoms with Crippen molar-refractivity contribution < 1.29 is 4.74 Å². The minimum atomic E-state index is 0.222. The smallest absolute Gasteiger partial charge is 0.0685 e. The molecule has 1 heterocycles. The van der Waals surface area contributed by atoms with Crippen LogP contribution in [0.5, 0.6) is 0 Å². The Bertz CT molecular complexity index is 310. The molecule has 2 nitrogen and oxygen atoms in total. The quantitative estimate of drug-likeness (QED) is 0.821. The molecule has 0 aromatic carbocycles. The largest absolute Gasteiger partial charge is 0.375 e. The molecule has 1 aliphatic heterocycles. The summed E-state index contributed by atoms with van der Waals surface area (Å²) in [7, 11) is 0. The molecule has 21 heavy (non-hydrogen) atoms. The van der Waals surface area contributed by atoms with Crippen LogP contribution in [0.15, 0.2) is 0 Å². The van der Waals surface area contributed by atoms with E-state index in [1.165, 1.54) is 77.0 Å². The summed E-state index contributed by atoms with van der Waals surface area (Å²) in [5.41, 5.74) is 6.97. The van der Waals surface area contributed by atoms with Crippen LogP contribution >= 0.6 is 0 Å². The molecule has 2 N–H and O–H groups in total. The van der Waals surface area contributed by atoms with Crippen LogP contribution in [-0.2, 0) is 4.74 Å². The predicted molar refractivity (Wildman–Crippen MR) is 88.2 cm³/mol. The minimum absolute atomic E-state index is 0.222. The average Bonchev–Trinajstić information content (AvgIpc) is 2.55. The number of hydrogen-bond acceptors (Lipinski definition) is 2. The summed E-state index contributed by atoms with van der Waals surface area (Å²) >= 11 is 0. The van der Waals surface area contributed by atoms with E-state index >= 15 is 0 Å². The van der Waals surface area contributed by atoms with E-state index in [0.717, 1.165) is 24.4 Å². The van der Waals surface area contributed by atoms with Crippen molar-refractivity contribution in [2.24, 2.45) is 23.5 Å². The third kappa shape index (κ3) is 3.64. The Kier molecular flexibility index (Phi) is 5.27. The lowest BCUT2D eigenvalue weighted by Gasteiger charge is -2.46. The minimum Gasteiger partial charge on any atom is -0.375 e. The van der Waals surface area contributed by atoms with Gasteiger partial charge in [-0.15, -0.1) is 0 Å². The molecule has 3 aliphatic rings. The Morgan fingerprint density at radius 1 is 1.00 bits per heavy atom. The van der Waals surface area contributed by atoms with Gasteiger partial charge < -0.3 is 10.5 Å². The van der Waals surface area contributed by atoms with E-state index in [1.807, 2.05) is 0 Å². The van der Waals surface area contributed by atoms with Gasteiger partial charge in [0.25, 0.3) is 0 Å². The van der Waals surface area contributed by atoms with Crippen molar-refractivity contribution in [3.8, 4) is 0 Å². The molecule has 2 aliphatic carbocycles. The van der Waals surface area contributed by atoms with Gasteiger partial charge in [-0.1, -0.05) is 45.4 Å². The van der Waals surface area contributed by atoms with E-state index in [-0.39, 0.29) is 5.60 Å². The zero-order chi connectivity index (χ0) is 14.7. The van der Waals surface area contributed by atoms with Crippen molar-refractivity contribution in [3.63, 3.8) is 0 Å². The number of nitrogens with two attached hydrogens (primary N) is 1. The number of ether oxygens (including phenoxy) is 1. The first kappa shape index (κ1) is 15.8. The van der Waals surface area contributed by atoms with E-state index in [2.05, 4.69) is 6.92 Å². The lowest BCUT2D eigenvalue weighted by molar-refractivity contribution is -0.123.